The van der Waals surface area contributed by atoms with Gasteiger partial charge in [0, 0.05) is 28.4 Å². The number of benzene rings is 3. The van der Waals surface area contributed by atoms with Crippen LogP contribution in [0.3, 0.4) is 0 Å². The second-order valence-corrected chi connectivity index (χ2v) is 10.7. The van der Waals surface area contributed by atoms with Gasteiger partial charge >= 0.3 is 5.97 Å². The maximum atomic E-state index is 13.4. The van der Waals surface area contributed by atoms with Crippen LogP contribution in [0, 0.1) is 12.8 Å². The number of carbonyl (C=O) groups excluding carboxylic acids is 1. The third-order valence-electron chi connectivity index (χ3n) is 7.19. The summed E-state index contributed by atoms with van der Waals surface area (Å²) in [6.07, 6.45) is 4.08. The number of rotatable bonds is 9. The smallest absolute Gasteiger partial charge is 0.337 e. The monoisotopic (exact) mass is 562 g/mol. The molecule has 41 heavy (non-hydrogen) atoms. The highest BCUT2D eigenvalue weighted by molar-refractivity contribution is 6.30. The predicted molar refractivity (Wildman–Crippen MR) is 160 cm³/mol. The summed E-state index contributed by atoms with van der Waals surface area (Å²) in [7, 11) is 0. The summed E-state index contributed by atoms with van der Waals surface area (Å²) in [4.78, 5) is 32.4. The number of aryl methyl sites for hydroxylation is 1. The molecule has 1 aliphatic carbocycles. The topological polar surface area (TPSA) is 88.3 Å². The molecule has 6 rings (SSSR count). The first kappa shape index (κ1) is 26.5. The molecule has 1 fully saturated rings. The van der Waals surface area contributed by atoms with Gasteiger partial charge in [-0.3, -0.25) is 9.78 Å². The van der Waals surface area contributed by atoms with E-state index in [1.165, 1.54) is 18.9 Å². The van der Waals surface area contributed by atoms with Crippen LogP contribution < -0.4 is 4.90 Å². The number of nitrogens with zero attached hydrogens (tertiary/aromatic N) is 4. The third kappa shape index (κ3) is 5.62. The van der Waals surface area contributed by atoms with Gasteiger partial charge < -0.3 is 10.0 Å². The number of pyridine rings is 1. The summed E-state index contributed by atoms with van der Waals surface area (Å²) in [5.74, 6) is -0.879. The number of carbonyl (C=O) groups is 2. The van der Waals surface area contributed by atoms with Gasteiger partial charge in [-0.25, -0.2) is 9.48 Å². The van der Waals surface area contributed by atoms with E-state index in [1.807, 2.05) is 73.7 Å². The summed E-state index contributed by atoms with van der Waals surface area (Å²) in [5, 5.41) is 15.3. The van der Waals surface area contributed by atoms with Crippen LogP contribution in [0.2, 0.25) is 5.02 Å². The van der Waals surface area contributed by atoms with Crippen molar-refractivity contribution in [3.05, 3.63) is 125 Å². The number of carboxylic acid groups (broad SMARTS) is 1. The van der Waals surface area contributed by atoms with Crippen LogP contribution in [-0.2, 0) is 0 Å². The third-order valence-corrected chi connectivity index (χ3v) is 7.44. The molecule has 1 aliphatic rings. The number of aromatic nitrogens is 3. The summed E-state index contributed by atoms with van der Waals surface area (Å²) in [5.41, 5.74) is 5.13. The predicted octanol–water partition coefficient (Wildman–Crippen LogP) is 7.37. The van der Waals surface area contributed by atoms with Crippen molar-refractivity contribution < 1.29 is 14.7 Å². The lowest BCUT2D eigenvalue weighted by Crippen LogP contribution is -2.20. The van der Waals surface area contributed by atoms with Crippen molar-refractivity contribution in [1.82, 2.24) is 14.8 Å². The van der Waals surface area contributed by atoms with Crippen molar-refractivity contribution >= 4 is 34.7 Å². The zero-order chi connectivity index (χ0) is 28.5. The number of anilines is 2. The largest absolute Gasteiger partial charge is 0.478 e. The Morgan fingerprint density at radius 1 is 0.951 bits per heavy atom. The molecule has 2 aromatic heterocycles. The SMILES string of the molecule is Cc1cc(-c2ccccc2)n(-c2ccc(C(=O)c3ccc(N(CC4CC4)c4ccc(Cl)cc4)cn3)cc2C(=O)O)n1. The second kappa shape index (κ2) is 11.0. The van der Waals surface area contributed by atoms with Crippen molar-refractivity contribution in [3.8, 4) is 16.9 Å². The minimum Gasteiger partial charge on any atom is -0.478 e. The molecule has 1 N–H and O–H groups in total. The molecule has 0 atom stereocenters. The number of aromatic carboxylic acids is 1. The molecule has 8 heteroatoms. The van der Waals surface area contributed by atoms with Crippen LogP contribution in [0.4, 0.5) is 11.4 Å². The van der Waals surface area contributed by atoms with Crippen molar-refractivity contribution in [2.24, 2.45) is 5.92 Å². The number of halogens is 1. The summed E-state index contributed by atoms with van der Waals surface area (Å²) < 4.78 is 1.61. The van der Waals surface area contributed by atoms with E-state index in [0.29, 0.717) is 16.6 Å². The Kier molecular flexibility index (Phi) is 7.12. The Balaban J connectivity index is 1.31. The zero-order valence-corrected chi connectivity index (χ0v) is 23.1. The number of ketones is 1. The summed E-state index contributed by atoms with van der Waals surface area (Å²) in [6.45, 7) is 2.72. The summed E-state index contributed by atoms with van der Waals surface area (Å²) in [6, 6.07) is 27.4. The van der Waals surface area contributed by atoms with E-state index in [0.717, 1.165) is 34.9 Å². The normalized spacial score (nSPS) is 12.7. The lowest BCUT2D eigenvalue weighted by molar-refractivity contribution is 0.0696. The van der Waals surface area contributed by atoms with Crippen LogP contribution in [0.5, 0.6) is 0 Å². The van der Waals surface area contributed by atoms with Crippen LogP contribution in [-0.4, -0.2) is 38.2 Å². The quantitative estimate of drug-likeness (QED) is 0.189. The molecule has 3 aromatic carbocycles. The van der Waals surface area contributed by atoms with E-state index >= 15 is 0 Å². The van der Waals surface area contributed by atoms with Gasteiger partial charge in [0.15, 0.2) is 0 Å². The molecule has 0 unspecified atom stereocenters. The molecule has 7 nitrogen and oxygen atoms in total. The molecule has 0 aliphatic heterocycles. The highest BCUT2D eigenvalue weighted by Gasteiger charge is 2.26. The van der Waals surface area contributed by atoms with Crippen LogP contribution in [0.15, 0.2) is 97.2 Å². The zero-order valence-electron chi connectivity index (χ0n) is 22.4. The van der Waals surface area contributed by atoms with Gasteiger partial charge in [0.05, 0.1) is 34.5 Å². The maximum absolute atomic E-state index is 13.4. The molecule has 1 saturated carbocycles. The van der Waals surface area contributed by atoms with Crippen molar-refractivity contribution in [1.29, 1.82) is 0 Å². The van der Waals surface area contributed by atoms with Gasteiger partial charge in [-0.05, 0) is 86.3 Å². The van der Waals surface area contributed by atoms with Crippen LogP contribution in [0.1, 0.15) is 44.9 Å². The Labute approximate surface area is 242 Å². The Hall–Kier alpha value is -4.75. The van der Waals surface area contributed by atoms with Crippen molar-refractivity contribution in [3.63, 3.8) is 0 Å². The van der Waals surface area contributed by atoms with Crippen LogP contribution in [0.25, 0.3) is 16.9 Å². The van der Waals surface area contributed by atoms with Crippen molar-refractivity contribution in [2.75, 3.05) is 11.4 Å². The number of carboxylic acids is 1. The van der Waals surface area contributed by atoms with E-state index in [1.54, 1.807) is 29.1 Å². The first-order valence-electron chi connectivity index (χ1n) is 13.4. The van der Waals surface area contributed by atoms with Crippen LogP contribution >= 0.6 is 11.6 Å². The fraction of sp³-hybridized carbons (Fsp3) is 0.152. The molecule has 0 saturated heterocycles. The average Bonchev–Trinajstić information content (AvgIpc) is 3.74. The molecule has 2 heterocycles. The number of hydrogen-bond donors (Lipinski definition) is 1. The molecular formula is C33H27ClN4O3. The van der Waals surface area contributed by atoms with Gasteiger partial charge in [0.25, 0.3) is 0 Å². The van der Waals surface area contributed by atoms with E-state index in [2.05, 4.69) is 15.0 Å². The first-order valence-corrected chi connectivity index (χ1v) is 13.8. The van der Waals surface area contributed by atoms with Crippen molar-refractivity contribution in [2.45, 2.75) is 19.8 Å². The van der Waals surface area contributed by atoms with E-state index in [-0.39, 0.29) is 22.6 Å². The first-order chi connectivity index (χ1) is 19.9. The maximum Gasteiger partial charge on any atom is 0.337 e. The van der Waals surface area contributed by atoms with Gasteiger partial charge in [0.1, 0.15) is 5.69 Å². The average molecular weight is 563 g/mol. The fourth-order valence-corrected chi connectivity index (χ4v) is 5.02. The van der Waals surface area contributed by atoms with Gasteiger partial charge in [0.2, 0.25) is 5.78 Å². The number of hydrogen-bond acceptors (Lipinski definition) is 5. The Morgan fingerprint density at radius 3 is 2.34 bits per heavy atom. The lowest BCUT2D eigenvalue weighted by Gasteiger charge is -2.25. The molecule has 0 radical (unpaired) electrons. The second-order valence-electron chi connectivity index (χ2n) is 10.2. The minimum absolute atomic E-state index is 0.0221. The highest BCUT2D eigenvalue weighted by Crippen LogP contribution is 2.35. The van der Waals surface area contributed by atoms with E-state index in [4.69, 9.17) is 11.6 Å². The van der Waals surface area contributed by atoms with Gasteiger partial charge in [-0.2, -0.15) is 5.10 Å². The molecule has 204 valence electrons. The molecular weight excluding hydrogens is 536 g/mol. The lowest BCUT2D eigenvalue weighted by atomic mass is 10.0. The van der Waals surface area contributed by atoms with Gasteiger partial charge in [-0.1, -0.05) is 41.9 Å². The van der Waals surface area contributed by atoms with E-state index in [9.17, 15) is 14.7 Å². The van der Waals surface area contributed by atoms with E-state index < -0.39 is 5.97 Å². The Bertz CT molecular complexity index is 1730. The summed E-state index contributed by atoms with van der Waals surface area (Å²) >= 11 is 6.10. The highest BCUT2D eigenvalue weighted by atomic mass is 35.5. The van der Waals surface area contributed by atoms with Gasteiger partial charge in [-0.15, -0.1) is 0 Å². The minimum atomic E-state index is -1.15. The molecule has 0 bridgehead atoms. The Morgan fingerprint density at radius 2 is 1.68 bits per heavy atom. The molecule has 0 spiro atoms. The standard InChI is InChI=1S/C33H27ClN4O3/c1-21-17-31(23-5-3-2-4-6-23)38(36-21)30-16-9-24(18-28(30)33(40)41)32(39)29-15-14-27(19-35-29)37(20-22-7-8-22)26-12-10-25(34)11-13-26/h2-6,9-19,22H,7-8,20H2,1H3,(H,40,41). The molecule has 5 aromatic rings. The molecule has 0 amide bonds. The fourth-order valence-electron chi connectivity index (χ4n) is 4.90.